The van der Waals surface area contributed by atoms with Crippen LogP contribution in [0, 0.1) is 25.5 Å². The standard InChI is InChI=1S/C14H13F2N/c1-8-5-9(2)14(13(16)6-8)11-7-10(17)3-4-12(11)15/h3-7H,17H2,1-2H3. The lowest BCUT2D eigenvalue weighted by Gasteiger charge is -2.10. The lowest BCUT2D eigenvalue weighted by Crippen LogP contribution is -1.95. The molecular formula is C14H13F2N. The first kappa shape index (κ1) is 11.6. The highest BCUT2D eigenvalue weighted by atomic mass is 19.1. The van der Waals surface area contributed by atoms with Crippen molar-refractivity contribution in [2.75, 3.05) is 5.73 Å². The first-order chi connectivity index (χ1) is 7.99. The lowest BCUT2D eigenvalue weighted by molar-refractivity contribution is 0.615. The van der Waals surface area contributed by atoms with Crippen molar-refractivity contribution in [3.8, 4) is 11.1 Å². The van der Waals surface area contributed by atoms with Gasteiger partial charge in [0.2, 0.25) is 0 Å². The van der Waals surface area contributed by atoms with Crippen molar-refractivity contribution in [1.82, 2.24) is 0 Å². The maximum absolute atomic E-state index is 13.9. The van der Waals surface area contributed by atoms with Crippen molar-refractivity contribution in [3.05, 3.63) is 53.1 Å². The highest BCUT2D eigenvalue weighted by molar-refractivity contribution is 5.71. The van der Waals surface area contributed by atoms with Crippen molar-refractivity contribution < 1.29 is 8.78 Å². The molecule has 3 heteroatoms. The van der Waals surface area contributed by atoms with Crippen molar-refractivity contribution in [3.63, 3.8) is 0 Å². The number of anilines is 1. The second kappa shape index (κ2) is 4.17. The maximum atomic E-state index is 13.9. The third-order valence-corrected chi connectivity index (χ3v) is 2.69. The van der Waals surface area contributed by atoms with E-state index < -0.39 is 11.6 Å². The lowest BCUT2D eigenvalue weighted by atomic mass is 9.97. The molecule has 0 saturated heterocycles. The van der Waals surface area contributed by atoms with E-state index in [1.165, 1.54) is 24.3 Å². The van der Waals surface area contributed by atoms with E-state index in [1.807, 2.05) is 6.07 Å². The van der Waals surface area contributed by atoms with Gasteiger partial charge in [-0.15, -0.1) is 0 Å². The number of rotatable bonds is 1. The molecule has 0 aliphatic rings. The van der Waals surface area contributed by atoms with Crippen LogP contribution in [0.15, 0.2) is 30.3 Å². The molecule has 1 nitrogen and oxygen atoms in total. The second-order valence-electron chi connectivity index (χ2n) is 4.18. The van der Waals surface area contributed by atoms with Gasteiger partial charge in [0.25, 0.3) is 0 Å². The van der Waals surface area contributed by atoms with Gasteiger partial charge in [-0.25, -0.2) is 8.78 Å². The topological polar surface area (TPSA) is 26.0 Å². The third-order valence-electron chi connectivity index (χ3n) is 2.69. The summed E-state index contributed by atoms with van der Waals surface area (Å²) in [7, 11) is 0. The van der Waals surface area contributed by atoms with Crippen LogP contribution in [0.5, 0.6) is 0 Å². The van der Waals surface area contributed by atoms with E-state index in [4.69, 9.17) is 5.73 Å². The monoisotopic (exact) mass is 233 g/mol. The molecule has 0 fully saturated rings. The summed E-state index contributed by atoms with van der Waals surface area (Å²) in [6.07, 6.45) is 0. The predicted molar refractivity (Wildman–Crippen MR) is 65.7 cm³/mol. The van der Waals surface area contributed by atoms with Gasteiger partial charge in [-0.05, 0) is 49.2 Å². The molecular weight excluding hydrogens is 220 g/mol. The Bertz CT molecular complexity index is 553. The van der Waals surface area contributed by atoms with E-state index in [2.05, 4.69) is 0 Å². The Labute approximate surface area is 98.9 Å². The van der Waals surface area contributed by atoms with Gasteiger partial charge in [-0.1, -0.05) is 6.07 Å². The molecule has 2 aromatic rings. The molecule has 0 bridgehead atoms. The number of halogens is 2. The third kappa shape index (κ3) is 2.13. The Hall–Kier alpha value is -1.90. The normalized spacial score (nSPS) is 10.6. The number of nitrogen functional groups attached to an aromatic ring is 1. The van der Waals surface area contributed by atoms with Gasteiger partial charge in [0.05, 0.1) is 0 Å². The van der Waals surface area contributed by atoms with Crippen LogP contribution >= 0.6 is 0 Å². The van der Waals surface area contributed by atoms with Crippen LogP contribution in [0.2, 0.25) is 0 Å². The first-order valence-electron chi connectivity index (χ1n) is 5.31. The number of aryl methyl sites for hydroxylation is 2. The number of hydrogen-bond donors (Lipinski definition) is 1. The van der Waals surface area contributed by atoms with Crippen LogP contribution in [0.1, 0.15) is 11.1 Å². The number of nitrogens with two attached hydrogens (primary N) is 1. The largest absolute Gasteiger partial charge is 0.399 e. The minimum Gasteiger partial charge on any atom is -0.399 e. The Morgan fingerprint density at radius 1 is 0.941 bits per heavy atom. The van der Waals surface area contributed by atoms with Gasteiger partial charge in [0, 0.05) is 16.8 Å². The van der Waals surface area contributed by atoms with Crippen LogP contribution in [0.25, 0.3) is 11.1 Å². The van der Waals surface area contributed by atoms with Gasteiger partial charge >= 0.3 is 0 Å². The molecule has 2 aromatic carbocycles. The van der Waals surface area contributed by atoms with E-state index in [9.17, 15) is 8.78 Å². The maximum Gasteiger partial charge on any atom is 0.131 e. The summed E-state index contributed by atoms with van der Waals surface area (Å²) in [5.41, 5.74) is 8.02. The van der Waals surface area contributed by atoms with Crippen LogP contribution < -0.4 is 5.73 Å². The van der Waals surface area contributed by atoms with Crippen LogP contribution in [-0.2, 0) is 0 Å². The molecule has 0 heterocycles. The van der Waals surface area contributed by atoms with Crippen LogP contribution in [-0.4, -0.2) is 0 Å². The number of hydrogen-bond acceptors (Lipinski definition) is 1. The van der Waals surface area contributed by atoms with E-state index in [0.717, 1.165) is 5.56 Å². The molecule has 0 saturated carbocycles. The Kier molecular flexibility index (Phi) is 2.84. The fourth-order valence-electron chi connectivity index (χ4n) is 1.99. The smallest absolute Gasteiger partial charge is 0.131 e. The van der Waals surface area contributed by atoms with Gasteiger partial charge < -0.3 is 5.73 Å². The van der Waals surface area contributed by atoms with Crippen LogP contribution in [0.4, 0.5) is 14.5 Å². The van der Waals surface area contributed by atoms with E-state index in [0.29, 0.717) is 11.3 Å². The van der Waals surface area contributed by atoms with Crippen molar-refractivity contribution in [1.29, 1.82) is 0 Å². The molecule has 0 radical (unpaired) electrons. The Balaban J connectivity index is 2.72. The molecule has 0 unspecified atom stereocenters. The molecule has 0 aromatic heterocycles. The Morgan fingerprint density at radius 3 is 2.29 bits per heavy atom. The van der Waals surface area contributed by atoms with Gasteiger partial charge in [-0.2, -0.15) is 0 Å². The average Bonchev–Trinajstić information content (AvgIpc) is 2.21. The summed E-state index contributed by atoms with van der Waals surface area (Å²) in [6, 6.07) is 7.38. The second-order valence-corrected chi connectivity index (χ2v) is 4.18. The highest BCUT2D eigenvalue weighted by Crippen LogP contribution is 2.31. The number of benzene rings is 2. The summed E-state index contributed by atoms with van der Waals surface area (Å²) in [5, 5.41) is 0. The molecule has 0 aliphatic heterocycles. The Morgan fingerprint density at radius 2 is 1.65 bits per heavy atom. The van der Waals surface area contributed by atoms with Gasteiger partial charge in [-0.3, -0.25) is 0 Å². The van der Waals surface area contributed by atoms with E-state index >= 15 is 0 Å². The fraction of sp³-hybridized carbons (Fsp3) is 0.143. The molecule has 2 rings (SSSR count). The SMILES string of the molecule is Cc1cc(C)c(-c2cc(N)ccc2F)c(F)c1. The molecule has 0 atom stereocenters. The minimum absolute atomic E-state index is 0.208. The summed E-state index contributed by atoms with van der Waals surface area (Å²) in [6.45, 7) is 3.56. The van der Waals surface area contributed by atoms with E-state index in [1.54, 1.807) is 13.8 Å². The molecule has 17 heavy (non-hydrogen) atoms. The van der Waals surface area contributed by atoms with Crippen molar-refractivity contribution in [2.24, 2.45) is 0 Å². The molecule has 0 aliphatic carbocycles. The average molecular weight is 233 g/mol. The summed E-state index contributed by atoms with van der Waals surface area (Å²) < 4.78 is 27.6. The summed E-state index contributed by atoms with van der Waals surface area (Å²) in [5.74, 6) is -0.892. The van der Waals surface area contributed by atoms with Crippen molar-refractivity contribution >= 4 is 5.69 Å². The van der Waals surface area contributed by atoms with Gasteiger partial charge in [0.15, 0.2) is 0 Å². The van der Waals surface area contributed by atoms with Gasteiger partial charge in [0.1, 0.15) is 11.6 Å². The summed E-state index contributed by atoms with van der Waals surface area (Å²) in [4.78, 5) is 0. The van der Waals surface area contributed by atoms with Crippen LogP contribution in [0.3, 0.4) is 0 Å². The summed E-state index contributed by atoms with van der Waals surface area (Å²) >= 11 is 0. The predicted octanol–water partition coefficient (Wildman–Crippen LogP) is 3.83. The fourth-order valence-corrected chi connectivity index (χ4v) is 1.99. The van der Waals surface area contributed by atoms with E-state index in [-0.39, 0.29) is 11.1 Å². The first-order valence-corrected chi connectivity index (χ1v) is 5.31. The molecule has 2 N–H and O–H groups in total. The quantitative estimate of drug-likeness (QED) is 0.744. The molecule has 0 spiro atoms. The molecule has 88 valence electrons. The zero-order chi connectivity index (χ0) is 12.6. The molecule has 0 amide bonds. The zero-order valence-electron chi connectivity index (χ0n) is 9.72. The van der Waals surface area contributed by atoms with Crippen molar-refractivity contribution in [2.45, 2.75) is 13.8 Å². The zero-order valence-corrected chi connectivity index (χ0v) is 9.72. The minimum atomic E-state index is -0.468. The highest BCUT2D eigenvalue weighted by Gasteiger charge is 2.13.